The van der Waals surface area contributed by atoms with E-state index < -0.39 is 0 Å². The van der Waals surface area contributed by atoms with Crippen LogP contribution in [0, 0.1) is 0 Å². The number of thioether (sulfide) groups is 1. The van der Waals surface area contributed by atoms with Crippen LogP contribution in [0.5, 0.6) is 5.88 Å². The van der Waals surface area contributed by atoms with E-state index in [1.807, 2.05) is 24.5 Å². The van der Waals surface area contributed by atoms with Gasteiger partial charge in [-0.3, -0.25) is 0 Å². The first-order valence-corrected chi connectivity index (χ1v) is 9.63. The van der Waals surface area contributed by atoms with Gasteiger partial charge in [0.2, 0.25) is 5.88 Å². The zero-order chi connectivity index (χ0) is 17.6. The highest BCUT2D eigenvalue weighted by molar-refractivity contribution is 7.98. The first-order valence-electron chi connectivity index (χ1n) is 8.03. The van der Waals surface area contributed by atoms with Gasteiger partial charge in [0, 0.05) is 29.4 Å². The van der Waals surface area contributed by atoms with Crippen LogP contribution in [0.25, 0.3) is 0 Å². The number of aromatic nitrogens is 1. The van der Waals surface area contributed by atoms with E-state index in [1.54, 1.807) is 18.9 Å². The number of aliphatic imine (C=N–C) groups is 1. The first-order chi connectivity index (χ1) is 12.2. The summed E-state index contributed by atoms with van der Waals surface area (Å²) in [5.74, 6) is 0.598. The van der Waals surface area contributed by atoms with E-state index in [9.17, 15) is 0 Å². The fourth-order valence-corrected chi connectivity index (χ4v) is 3.35. The lowest BCUT2D eigenvalue weighted by molar-refractivity contribution is 0.398. The Morgan fingerprint density at radius 2 is 2.12 bits per heavy atom. The van der Waals surface area contributed by atoms with Crippen molar-refractivity contribution in [2.24, 2.45) is 4.99 Å². The minimum atomic E-state index is 0.596. The summed E-state index contributed by atoms with van der Waals surface area (Å²) in [6.07, 6.45) is 7.62. The number of pyridine rings is 1. The summed E-state index contributed by atoms with van der Waals surface area (Å²) >= 11 is 8.05. The molecule has 0 radical (unpaired) electrons. The first kappa shape index (κ1) is 17.8. The number of nitrogens with zero attached hydrogens (tertiary/aromatic N) is 3. The molecule has 1 aromatic heterocycles. The van der Waals surface area contributed by atoms with Crippen LogP contribution in [-0.4, -0.2) is 31.1 Å². The van der Waals surface area contributed by atoms with Crippen molar-refractivity contribution in [3.63, 3.8) is 0 Å². The topological polar surface area (TPSA) is 37.7 Å². The number of methoxy groups -OCH3 is 1. The van der Waals surface area contributed by atoms with Crippen molar-refractivity contribution in [1.29, 1.82) is 0 Å². The maximum Gasteiger partial charge on any atom is 0.213 e. The molecule has 2 aromatic rings. The molecule has 0 atom stereocenters. The highest BCUT2D eigenvalue weighted by Gasteiger charge is 2.16. The SMILES string of the molecule is COc1ccc(N(CC2=C(Cl)N=CCC2)c2cccc(SC)c2)cn1. The summed E-state index contributed by atoms with van der Waals surface area (Å²) in [4.78, 5) is 12.0. The molecule has 0 aliphatic carbocycles. The molecule has 0 amide bonds. The summed E-state index contributed by atoms with van der Waals surface area (Å²) in [5.41, 5.74) is 3.23. The molecular weight excluding hydrogens is 354 g/mol. The summed E-state index contributed by atoms with van der Waals surface area (Å²) in [5, 5.41) is 0.596. The summed E-state index contributed by atoms with van der Waals surface area (Å²) < 4.78 is 5.18. The fourth-order valence-electron chi connectivity index (χ4n) is 2.68. The van der Waals surface area contributed by atoms with Crippen LogP contribution in [0.3, 0.4) is 0 Å². The second kappa shape index (κ2) is 8.41. The molecule has 0 unspecified atom stereocenters. The van der Waals surface area contributed by atoms with Gasteiger partial charge in [-0.25, -0.2) is 9.98 Å². The van der Waals surface area contributed by atoms with Crippen molar-refractivity contribution in [2.75, 3.05) is 24.8 Å². The maximum absolute atomic E-state index is 6.32. The van der Waals surface area contributed by atoms with Gasteiger partial charge >= 0.3 is 0 Å². The Bertz CT molecular complexity index is 790. The number of halogens is 1. The number of hydrogen-bond acceptors (Lipinski definition) is 5. The smallest absolute Gasteiger partial charge is 0.213 e. The highest BCUT2D eigenvalue weighted by atomic mass is 35.5. The minimum Gasteiger partial charge on any atom is -0.481 e. The van der Waals surface area contributed by atoms with Crippen molar-refractivity contribution in [3.8, 4) is 5.88 Å². The molecular formula is C19H20ClN3OS. The monoisotopic (exact) mass is 373 g/mol. The van der Waals surface area contributed by atoms with Crippen LogP contribution in [-0.2, 0) is 0 Å². The van der Waals surface area contributed by atoms with E-state index in [-0.39, 0.29) is 0 Å². The van der Waals surface area contributed by atoms with Crippen molar-refractivity contribution in [3.05, 3.63) is 53.3 Å². The van der Waals surface area contributed by atoms with Gasteiger partial charge in [0.05, 0.1) is 19.0 Å². The lowest BCUT2D eigenvalue weighted by Gasteiger charge is -2.27. The molecule has 0 spiro atoms. The maximum atomic E-state index is 6.32. The zero-order valence-electron chi connectivity index (χ0n) is 14.3. The van der Waals surface area contributed by atoms with Gasteiger partial charge < -0.3 is 9.64 Å². The largest absolute Gasteiger partial charge is 0.481 e. The van der Waals surface area contributed by atoms with Gasteiger partial charge in [-0.05, 0) is 48.9 Å². The zero-order valence-corrected chi connectivity index (χ0v) is 15.8. The molecule has 130 valence electrons. The summed E-state index contributed by atoms with van der Waals surface area (Å²) in [7, 11) is 1.62. The fraction of sp³-hybridized carbons (Fsp3) is 0.263. The third kappa shape index (κ3) is 4.35. The molecule has 3 rings (SSSR count). The van der Waals surface area contributed by atoms with Crippen LogP contribution in [0.2, 0.25) is 0 Å². The van der Waals surface area contributed by atoms with E-state index in [1.165, 1.54) is 4.90 Å². The molecule has 1 aliphatic rings. The molecule has 1 aromatic carbocycles. The molecule has 0 bridgehead atoms. The van der Waals surface area contributed by atoms with Crippen molar-refractivity contribution < 1.29 is 4.74 Å². The number of hydrogen-bond donors (Lipinski definition) is 0. The second-order valence-corrected chi connectivity index (χ2v) is 6.83. The number of benzene rings is 1. The van der Waals surface area contributed by atoms with Gasteiger partial charge in [-0.15, -0.1) is 11.8 Å². The average Bonchev–Trinajstić information content (AvgIpc) is 2.67. The van der Waals surface area contributed by atoms with E-state index in [4.69, 9.17) is 16.3 Å². The third-order valence-electron chi connectivity index (χ3n) is 4.03. The van der Waals surface area contributed by atoms with Gasteiger partial charge in [0.15, 0.2) is 0 Å². The predicted molar refractivity (Wildman–Crippen MR) is 107 cm³/mol. The lowest BCUT2D eigenvalue weighted by atomic mass is 10.1. The van der Waals surface area contributed by atoms with E-state index in [2.05, 4.69) is 45.4 Å². The molecule has 1 aliphatic heterocycles. The molecule has 0 N–H and O–H groups in total. The van der Waals surface area contributed by atoms with Crippen LogP contribution < -0.4 is 9.64 Å². The van der Waals surface area contributed by atoms with Crippen LogP contribution >= 0.6 is 23.4 Å². The normalized spacial score (nSPS) is 13.9. The number of rotatable bonds is 6. The Balaban J connectivity index is 1.99. The Hall–Kier alpha value is -1.98. The molecule has 2 heterocycles. The van der Waals surface area contributed by atoms with E-state index >= 15 is 0 Å². The van der Waals surface area contributed by atoms with Crippen LogP contribution in [0.4, 0.5) is 11.4 Å². The Morgan fingerprint density at radius 1 is 1.24 bits per heavy atom. The van der Waals surface area contributed by atoms with Crippen LogP contribution in [0.15, 0.2) is 63.2 Å². The molecule has 0 fully saturated rings. The van der Waals surface area contributed by atoms with Gasteiger partial charge in [0.25, 0.3) is 0 Å². The summed E-state index contributed by atoms with van der Waals surface area (Å²) in [6, 6.07) is 12.3. The van der Waals surface area contributed by atoms with E-state index in [0.29, 0.717) is 17.6 Å². The second-order valence-electron chi connectivity index (χ2n) is 5.59. The summed E-state index contributed by atoms with van der Waals surface area (Å²) in [6.45, 7) is 0.683. The van der Waals surface area contributed by atoms with Crippen molar-refractivity contribution >= 4 is 41.0 Å². The van der Waals surface area contributed by atoms with Gasteiger partial charge in [-0.2, -0.15) is 0 Å². The molecule has 6 heteroatoms. The quantitative estimate of drug-likeness (QED) is 0.511. The Kier molecular flexibility index (Phi) is 6.00. The Morgan fingerprint density at radius 3 is 2.80 bits per heavy atom. The average molecular weight is 374 g/mol. The van der Waals surface area contributed by atoms with Gasteiger partial charge in [-0.1, -0.05) is 17.7 Å². The number of anilines is 2. The minimum absolute atomic E-state index is 0.596. The van der Waals surface area contributed by atoms with Crippen LogP contribution in [0.1, 0.15) is 12.8 Å². The lowest BCUT2D eigenvalue weighted by Crippen LogP contribution is -2.21. The Labute approximate surface area is 157 Å². The molecule has 0 saturated heterocycles. The van der Waals surface area contributed by atoms with Crippen molar-refractivity contribution in [1.82, 2.24) is 4.98 Å². The predicted octanol–water partition coefficient (Wildman–Crippen LogP) is 5.27. The molecule has 0 saturated carbocycles. The standard InChI is InChI=1S/C19H20ClN3OS/c1-24-18-9-8-16(12-22-18)23(13-14-5-4-10-21-19(14)20)15-6-3-7-17(11-15)25-2/h3,6-12H,4-5,13H2,1-2H3. The third-order valence-corrected chi connectivity index (χ3v) is 5.12. The van der Waals surface area contributed by atoms with Crippen molar-refractivity contribution in [2.45, 2.75) is 17.7 Å². The number of ether oxygens (including phenoxy) is 1. The highest BCUT2D eigenvalue weighted by Crippen LogP contribution is 2.32. The molecule has 4 nitrogen and oxygen atoms in total. The molecule has 25 heavy (non-hydrogen) atoms. The van der Waals surface area contributed by atoms with Gasteiger partial charge in [0.1, 0.15) is 5.16 Å². The van der Waals surface area contributed by atoms with E-state index in [0.717, 1.165) is 29.8 Å².